The molecule has 5 rings (SSSR count). The van der Waals surface area contributed by atoms with Gasteiger partial charge in [-0.2, -0.15) is 0 Å². The number of hydrogen-bond donors (Lipinski definition) is 3. The van der Waals surface area contributed by atoms with Crippen LogP contribution in [0.5, 0.6) is 11.5 Å². The number of carboxylic acid groups (broad SMARTS) is 1. The average Bonchev–Trinajstić information content (AvgIpc) is 3.46. The summed E-state index contributed by atoms with van der Waals surface area (Å²) in [4.78, 5) is 46.8. The highest BCUT2D eigenvalue weighted by atomic mass is 35.5. The SMILES string of the molecule is COc1cccc(C2/C(=C(\O)c3ccc(Cl)c(OC)c3)C(=O)C(=O)N2c2nc3ccc(C(=O)O)cc3[nH]2)c1. The third kappa shape index (κ3) is 4.10. The number of imidazole rings is 1. The van der Waals surface area contributed by atoms with Crippen molar-refractivity contribution in [1.29, 1.82) is 0 Å². The Kier molecular flexibility index (Phi) is 6.25. The normalized spacial score (nSPS) is 16.7. The van der Waals surface area contributed by atoms with E-state index in [0.29, 0.717) is 27.4 Å². The fraction of sp³-hybridized carbons (Fsp3) is 0.111. The van der Waals surface area contributed by atoms with Gasteiger partial charge in [0.15, 0.2) is 0 Å². The van der Waals surface area contributed by atoms with E-state index in [0.717, 1.165) is 4.90 Å². The zero-order valence-corrected chi connectivity index (χ0v) is 20.8. The minimum absolute atomic E-state index is 0.00481. The number of carbonyl (C=O) groups excluding carboxylic acids is 2. The molecule has 11 heteroatoms. The number of ketones is 1. The van der Waals surface area contributed by atoms with Gasteiger partial charge in [-0.05, 0) is 54.1 Å². The number of halogens is 1. The monoisotopic (exact) mass is 533 g/mol. The van der Waals surface area contributed by atoms with Crippen LogP contribution >= 0.6 is 11.6 Å². The van der Waals surface area contributed by atoms with Gasteiger partial charge in [0.05, 0.1) is 47.5 Å². The highest BCUT2D eigenvalue weighted by molar-refractivity contribution is 6.51. The van der Waals surface area contributed by atoms with Crippen LogP contribution < -0.4 is 14.4 Å². The Bertz CT molecular complexity index is 1660. The summed E-state index contributed by atoms with van der Waals surface area (Å²) in [6, 6.07) is 14.4. The lowest BCUT2D eigenvalue weighted by Gasteiger charge is -2.23. The Labute approximate surface area is 220 Å². The molecule has 1 aliphatic rings. The number of methoxy groups -OCH3 is 2. The van der Waals surface area contributed by atoms with Gasteiger partial charge in [0.1, 0.15) is 17.3 Å². The van der Waals surface area contributed by atoms with E-state index in [4.69, 9.17) is 21.1 Å². The number of amides is 1. The molecular formula is C27H20ClN3O7. The van der Waals surface area contributed by atoms with Crippen LogP contribution in [0.25, 0.3) is 16.8 Å². The largest absolute Gasteiger partial charge is 0.507 e. The number of nitrogens with zero attached hydrogens (tertiary/aromatic N) is 2. The second-order valence-corrected chi connectivity index (χ2v) is 8.80. The number of carbonyl (C=O) groups is 3. The van der Waals surface area contributed by atoms with E-state index in [1.165, 1.54) is 50.6 Å². The number of fused-ring (bicyclic) bond motifs is 1. The number of Topliss-reactive ketones (excluding diaryl/α,β-unsaturated/α-hetero) is 1. The van der Waals surface area contributed by atoms with Crippen LogP contribution in [0.3, 0.4) is 0 Å². The highest BCUT2D eigenvalue weighted by Crippen LogP contribution is 2.43. The van der Waals surface area contributed by atoms with Gasteiger partial charge in [0.25, 0.3) is 5.78 Å². The smallest absolute Gasteiger partial charge is 0.335 e. The zero-order chi connectivity index (χ0) is 27.1. The van der Waals surface area contributed by atoms with E-state index < -0.39 is 29.5 Å². The van der Waals surface area contributed by atoms with Gasteiger partial charge in [-0.3, -0.25) is 14.5 Å². The second kappa shape index (κ2) is 9.56. The van der Waals surface area contributed by atoms with Crippen molar-refractivity contribution in [3.63, 3.8) is 0 Å². The first kappa shape index (κ1) is 24.8. The van der Waals surface area contributed by atoms with Crippen molar-refractivity contribution in [3.8, 4) is 11.5 Å². The molecule has 2 heterocycles. The molecule has 0 spiro atoms. The maximum atomic E-state index is 13.4. The van der Waals surface area contributed by atoms with Crippen LogP contribution in [0.1, 0.15) is 27.5 Å². The molecule has 4 aromatic rings. The van der Waals surface area contributed by atoms with Gasteiger partial charge in [-0.1, -0.05) is 23.7 Å². The summed E-state index contributed by atoms with van der Waals surface area (Å²) in [6.45, 7) is 0. The van der Waals surface area contributed by atoms with E-state index in [2.05, 4.69) is 9.97 Å². The number of benzene rings is 3. The van der Waals surface area contributed by atoms with E-state index in [1.54, 1.807) is 24.3 Å². The van der Waals surface area contributed by atoms with Crippen molar-refractivity contribution in [1.82, 2.24) is 9.97 Å². The predicted molar refractivity (Wildman–Crippen MR) is 139 cm³/mol. The number of aromatic carboxylic acids is 1. The Morgan fingerprint density at radius 3 is 2.47 bits per heavy atom. The van der Waals surface area contributed by atoms with Gasteiger partial charge < -0.3 is 24.7 Å². The molecule has 1 amide bonds. The molecular weight excluding hydrogens is 514 g/mol. The second-order valence-electron chi connectivity index (χ2n) is 8.39. The predicted octanol–water partition coefficient (Wildman–Crippen LogP) is 4.56. The zero-order valence-electron chi connectivity index (χ0n) is 20.1. The van der Waals surface area contributed by atoms with Crippen LogP contribution in [0.2, 0.25) is 5.02 Å². The number of aromatic nitrogens is 2. The van der Waals surface area contributed by atoms with Crippen molar-refractivity contribution in [2.45, 2.75) is 6.04 Å². The number of anilines is 1. The van der Waals surface area contributed by atoms with E-state index in [9.17, 15) is 24.6 Å². The van der Waals surface area contributed by atoms with Crippen molar-refractivity contribution in [3.05, 3.63) is 87.9 Å². The number of carboxylic acids is 1. The van der Waals surface area contributed by atoms with Crippen molar-refractivity contribution >= 4 is 52.0 Å². The van der Waals surface area contributed by atoms with Crippen LogP contribution in [0, 0.1) is 0 Å². The van der Waals surface area contributed by atoms with Crippen LogP contribution in [0.15, 0.2) is 66.2 Å². The molecule has 192 valence electrons. The number of ether oxygens (including phenoxy) is 2. The Morgan fingerprint density at radius 1 is 1.00 bits per heavy atom. The third-order valence-corrected chi connectivity index (χ3v) is 6.54. The number of rotatable bonds is 6. The molecule has 10 nitrogen and oxygen atoms in total. The number of aliphatic hydroxyl groups is 1. The molecule has 0 radical (unpaired) electrons. The number of hydrogen-bond acceptors (Lipinski definition) is 7. The summed E-state index contributed by atoms with van der Waals surface area (Å²) in [5.74, 6) is -2.68. The van der Waals surface area contributed by atoms with Gasteiger partial charge in [-0.15, -0.1) is 0 Å². The van der Waals surface area contributed by atoms with Crippen molar-refractivity contribution in [2.75, 3.05) is 19.1 Å². The molecule has 0 bridgehead atoms. The molecule has 38 heavy (non-hydrogen) atoms. The molecule has 1 fully saturated rings. The molecule has 3 aromatic carbocycles. The van der Waals surface area contributed by atoms with E-state index >= 15 is 0 Å². The minimum Gasteiger partial charge on any atom is -0.507 e. The first-order valence-corrected chi connectivity index (χ1v) is 11.6. The molecule has 1 atom stereocenters. The lowest BCUT2D eigenvalue weighted by molar-refractivity contribution is -0.132. The summed E-state index contributed by atoms with van der Waals surface area (Å²) < 4.78 is 10.6. The number of aliphatic hydroxyl groups excluding tert-OH is 1. The fourth-order valence-electron chi connectivity index (χ4n) is 4.38. The molecule has 0 saturated carbocycles. The minimum atomic E-state index is -1.13. The summed E-state index contributed by atoms with van der Waals surface area (Å²) in [7, 11) is 2.90. The number of nitrogens with one attached hydrogen (secondary N) is 1. The first-order chi connectivity index (χ1) is 18.2. The molecule has 1 aliphatic heterocycles. The lowest BCUT2D eigenvalue weighted by atomic mass is 9.95. The Balaban J connectivity index is 1.73. The molecule has 1 saturated heterocycles. The van der Waals surface area contributed by atoms with E-state index in [1.807, 2.05) is 0 Å². The summed E-state index contributed by atoms with van der Waals surface area (Å²) >= 11 is 6.13. The van der Waals surface area contributed by atoms with E-state index in [-0.39, 0.29) is 28.4 Å². The maximum Gasteiger partial charge on any atom is 0.335 e. The Morgan fingerprint density at radius 2 is 1.76 bits per heavy atom. The number of aromatic amines is 1. The van der Waals surface area contributed by atoms with Crippen molar-refractivity contribution < 1.29 is 34.1 Å². The van der Waals surface area contributed by atoms with Crippen LogP contribution in [0.4, 0.5) is 5.95 Å². The summed E-state index contributed by atoms with van der Waals surface area (Å²) in [5.41, 5.74) is 1.27. The summed E-state index contributed by atoms with van der Waals surface area (Å²) in [6.07, 6.45) is 0. The van der Waals surface area contributed by atoms with Gasteiger partial charge >= 0.3 is 11.9 Å². The highest BCUT2D eigenvalue weighted by Gasteiger charge is 2.48. The molecule has 3 N–H and O–H groups in total. The quantitative estimate of drug-likeness (QED) is 0.186. The number of H-pyrrole nitrogens is 1. The maximum absolute atomic E-state index is 13.4. The first-order valence-electron chi connectivity index (χ1n) is 11.3. The average molecular weight is 534 g/mol. The van der Waals surface area contributed by atoms with Gasteiger partial charge in [-0.25, -0.2) is 9.78 Å². The van der Waals surface area contributed by atoms with Gasteiger partial charge in [0, 0.05) is 5.56 Å². The van der Waals surface area contributed by atoms with Crippen LogP contribution in [-0.2, 0) is 9.59 Å². The lowest BCUT2D eigenvalue weighted by Crippen LogP contribution is -2.30. The van der Waals surface area contributed by atoms with Gasteiger partial charge in [0.2, 0.25) is 5.95 Å². The van der Waals surface area contributed by atoms with Crippen LogP contribution in [-0.4, -0.2) is 52.1 Å². The summed E-state index contributed by atoms with van der Waals surface area (Å²) in [5, 5.41) is 21.0. The molecule has 1 aromatic heterocycles. The van der Waals surface area contributed by atoms with Crippen molar-refractivity contribution in [2.24, 2.45) is 0 Å². The third-order valence-electron chi connectivity index (χ3n) is 6.22. The molecule has 1 unspecified atom stereocenters. The Hall–Kier alpha value is -4.83. The topological polar surface area (TPSA) is 142 Å². The standard InChI is InChI=1S/C27H20ClN3O7/c1-37-16-5-3-4-13(10-16)22-21(23(32)14-6-8-17(28)20(12-14)38-2)24(33)25(34)31(22)27-29-18-9-7-15(26(35)36)11-19(18)30-27/h3-12,22,32H,1-2H3,(H,29,30)(H,35,36)/b23-21+. The molecule has 0 aliphatic carbocycles. The fourth-order valence-corrected chi connectivity index (χ4v) is 4.58.